The molecule has 1 aliphatic carbocycles. The Morgan fingerprint density at radius 3 is 2.60 bits per heavy atom. The number of benzene rings is 1. The first-order valence-corrected chi connectivity index (χ1v) is 8.51. The number of rotatable bonds is 6. The van der Waals surface area contributed by atoms with Gasteiger partial charge in [0.15, 0.2) is 0 Å². The molecule has 132 valence electrons. The molecule has 2 atom stereocenters. The summed E-state index contributed by atoms with van der Waals surface area (Å²) >= 11 is 6.25. The minimum Gasteiger partial charge on any atom is -0.481 e. The van der Waals surface area contributed by atoms with Gasteiger partial charge in [-0.05, 0) is 38.8 Å². The minimum absolute atomic E-state index is 0.0197. The van der Waals surface area contributed by atoms with E-state index in [0.29, 0.717) is 16.5 Å². The number of carboxylic acid groups (broad SMARTS) is 1. The molecule has 1 aromatic heterocycles. The molecule has 1 heterocycles. The lowest BCUT2D eigenvalue weighted by molar-refractivity contribution is -0.141. The van der Waals surface area contributed by atoms with Crippen molar-refractivity contribution in [2.75, 3.05) is 0 Å². The van der Waals surface area contributed by atoms with Crippen molar-refractivity contribution < 1.29 is 14.7 Å². The van der Waals surface area contributed by atoms with E-state index in [1.54, 1.807) is 24.6 Å². The zero-order valence-corrected chi connectivity index (χ0v) is 14.7. The molecule has 2 unspecified atom stereocenters. The molecule has 1 amide bonds. The SMILES string of the molecule is CC(NC(=O)c1nc(C2CC2)n(-c2ccccc2Cl)n1)C(C)C(=O)O. The van der Waals surface area contributed by atoms with Crippen LogP contribution in [0.3, 0.4) is 0 Å². The van der Waals surface area contributed by atoms with Crippen LogP contribution in [0, 0.1) is 5.92 Å². The Kier molecular flexibility index (Phi) is 4.76. The summed E-state index contributed by atoms with van der Waals surface area (Å²) in [5.74, 6) is -1.18. The van der Waals surface area contributed by atoms with Crippen LogP contribution in [0.1, 0.15) is 49.1 Å². The summed E-state index contributed by atoms with van der Waals surface area (Å²) in [7, 11) is 0. The van der Waals surface area contributed by atoms with Gasteiger partial charge < -0.3 is 10.4 Å². The molecular weight excluding hydrogens is 344 g/mol. The Labute approximate surface area is 150 Å². The van der Waals surface area contributed by atoms with Gasteiger partial charge in [-0.3, -0.25) is 9.59 Å². The van der Waals surface area contributed by atoms with Crippen molar-refractivity contribution in [2.24, 2.45) is 5.92 Å². The normalized spacial score (nSPS) is 16.3. The summed E-state index contributed by atoms with van der Waals surface area (Å²) in [6.45, 7) is 3.18. The van der Waals surface area contributed by atoms with E-state index in [-0.39, 0.29) is 11.7 Å². The number of hydrogen-bond acceptors (Lipinski definition) is 4. The standard InChI is InChI=1S/C17H19ClN4O3/c1-9(17(24)25)10(2)19-16(23)14-20-15(11-7-8-11)22(21-14)13-6-4-3-5-12(13)18/h3-6,9-11H,7-8H2,1-2H3,(H,19,23)(H,24,25). The Hall–Kier alpha value is -2.41. The van der Waals surface area contributed by atoms with Gasteiger partial charge in [0.25, 0.3) is 5.91 Å². The van der Waals surface area contributed by atoms with Crippen LogP contribution in [0.25, 0.3) is 5.69 Å². The topological polar surface area (TPSA) is 97.1 Å². The molecule has 0 spiro atoms. The van der Waals surface area contributed by atoms with Crippen LogP contribution in [-0.4, -0.2) is 37.8 Å². The predicted molar refractivity (Wildman–Crippen MR) is 92.1 cm³/mol. The van der Waals surface area contributed by atoms with Gasteiger partial charge in [-0.2, -0.15) is 0 Å². The van der Waals surface area contributed by atoms with E-state index < -0.39 is 23.8 Å². The smallest absolute Gasteiger partial charge is 0.308 e. The third kappa shape index (κ3) is 3.66. The number of carboxylic acids is 1. The van der Waals surface area contributed by atoms with Crippen LogP contribution < -0.4 is 5.32 Å². The van der Waals surface area contributed by atoms with E-state index in [1.807, 2.05) is 18.2 Å². The summed E-state index contributed by atoms with van der Waals surface area (Å²) in [6.07, 6.45) is 1.99. The first kappa shape index (κ1) is 17.4. The van der Waals surface area contributed by atoms with E-state index in [2.05, 4.69) is 15.4 Å². The monoisotopic (exact) mass is 362 g/mol. The Bertz CT molecular complexity index is 816. The molecule has 0 bridgehead atoms. The van der Waals surface area contributed by atoms with E-state index in [0.717, 1.165) is 12.8 Å². The van der Waals surface area contributed by atoms with Crippen molar-refractivity contribution >= 4 is 23.5 Å². The molecule has 1 fully saturated rings. The molecule has 0 aliphatic heterocycles. The predicted octanol–water partition coefficient (Wildman–Crippen LogP) is 2.64. The number of aromatic nitrogens is 3. The molecule has 2 N–H and O–H groups in total. The van der Waals surface area contributed by atoms with Crippen molar-refractivity contribution in [3.05, 3.63) is 40.9 Å². The number of nitrogens with one attached hydrogen (secondary N) is 1. The van der Waals surface area contributed by atoms with Gasteiger partial charge in [-0.15, -0.1) is 5.10 Å². The van der Waals surface area contributed by atoms with Crippen molar-refractivity contribution in [3.8, 4) is 5.69 Å². The van der Waals surface area contributed by atoms with Gasteiger partial charge >= 0.3 is 5.97 Å². The van der Waals surface area contributed by atoms with Crippen molar-refractivity contribution in [1.82, 2.24) is 20.1 Å². The van der Waals surface area contributed by atoms with Crippen LogP contribution in [-0.2, 0) is 4.79 Å². The van der Waals surface area contributed by atoms with E-state index in [1.165, 1.54) is 0 Å². The average Bonchev–Trinajstić information content (AvgIpc) is 3.33. The fourth-order valence-corrected chi connectivity index (χ4v) is 2.65. The number of halogens is 1. The summed E-state index contributed by atoms with van der Waals surface area (Å²) in [5.41, 5.74) is 0.671. The van der Waals surface area contributed by atoms with Gasteiger partial charge in [-0.25, -0.2) is 9.67 Å². The molecule has 0 saturated heterocycles. The minimum atomic E-state index is -0.971. The summed E-state index contributed by atoms with van der Waals surface area (Å²) in [5, 5.41) is 16.5. The fraction of sp³-hybridized carbons (Fsp3) is 0.412. The van der Waals surface area contributed by atoms with Crippen LogP contribution in [0.5, 0.6) is 0 Å². The molecule has 7 nitrogen and oxygen atoms in total. The quantitative estimate of drug-likeness (QED) is 0.823. The molecule has 1 saturated carbocycles. The molecule has 2 aromatic rings. The maximum atomic E-state index is 12.4. The van der Waals surface area contributed by atoms with Crippen LogP contribution in [0.15, 0.2) is 24.3 Å². The van der Waals surface area contributed by atoms with Crippen LogP contribution in [0.2, 0.25) is 5.02 Å². The highest BCUT2D eigenvalue weighted by molar-refractivity contribution is 6.32. The molecular formula is C17H19ClN4O3. The second-order valence-electron chi connectivity index (χ2n) is 6.32. The lowest BCUT2D eigenvalue weighted by Crippen LogP contribution is -2.40. The summed E-state index contributed by atoms with van der Waals surface area (Å²) < 4.78 is 1.61. The van der Waals surface area contributed by atoms with Gasteiger partial charge in [-0.1, -0.05) is 23.7 Å². The Balaban J connectivity index is 1.88. The van der Waals surface area contributed by atoms with Crippen molar-refractivity contribution in [2.45, 2.75) is 38.6 Å². The second-order valence-corrected chi connectivity index (χ2v) is 6.73. The zero-order chi connectivity index (χ0) is 18.1. The maximum Gasteiger partial charge on any atom is 0.308 e. The molecule has 3 rings (SSSR count). The van der Waals surface area contributed by atoms with E-state index in [4.69, 9.17) is 16.7 Å². The molecule has 1 aliphatic rings. The maximum absolute atomic E-state index is 12.4. The fourth-order valence-electron chi connectivity index (χ4n) is 2.44. The van der Waals surface area contributed by atoms with Gasteiger partial charge in [0.1, 0.15) is 5.82 Å². The molecule has 8 heteroatoms. The Morgan fingerprint density at radius 2 is 2.00 bits per heavy atom. The van der Waals surface area contributed by atoms with E-state index >= 15 is 0 Å². The third-order valence-electron chi connectivity index (χ3n) is 4.36. The van der Waals surface area contributed by atoms with E-state index in [9.17, 15) is 9.59 Å². The van der Waals surface area contributed by atoms with Gasteiger partial charge in [0, 0.05) is 12.0 Å². The molecule has 25 heavy (non-hydrogen) atoms. The number of carbonyl (C=O) groups is 2. The second kappa shape index (κ2) is 6.84. The summed E-state index contributed by atoms with van der Waals surface area (Å²) in [6, 6.07) is 6.70. The highest BCUT2D eigenvalue weighted by atomic mass is 35.5. The van der Waals surface area contributed by atoms with Gasteiger partial charge in [0.05, 0.1) is 16.6 Å². The van der Waals surface area contributed by atoms with Crippen molar-refractivity contribution in [1.29, 1.82) is 0 Å². The van der Waals surface area contributed by atoms with Crippen LogP contribution in [0.4, 0.5) is 0 Å². The summed E-state index contributed by atoms with van der Waals surface area (Å²) in [4.78, 5) is 27.8. The highest BCUT2D eigenvalue weighted by Gasteiger charge is 2.32. The van der Waals surface area contributed by atoms with Crippen molar-refractivity contribution in [3.63, 3.8) is 0 Å². The zero-order valence-electron chi connectivity index (χ0n) is 13.9. The lowest BCUT2D eigenvalue weighted by atomic mass is 10.0. The number of nitrogens with zero attached hydrogens (tertiary/aromatic N) is 3. The number of hydrogen-bond donors (Lipinski definition) is 2. The molecule has 0 radical (unpaired) electrons. The number of para-hydroxylation sites is 1. The molecule has 1 aromatic carbocycles. The average molecular weight is 363 g/mol. The lowest BCUT2D eigenvalue weighted by Gasteiger charge is -2.16. The number of carbonyl (C=O) groups excluding carboxylic acids is 1. The third-order valence-corrected chi connectivity index (χ3v) is 4.68. The largest absolute Gasteiger partial charge is 0.481 e. The van der Waals surface area contributed by atoms with Crippen LogP contribution >= 0.6 is 11.6 Å². The number of amides is 1. The first-order valence-electron chi connectivity index (χ1n) is 8.14. The van der Waals surface area contributed by atoms with Gasteiger partial charge in [0.2, 0.25) is 5.82 Å². The number of aliphatic carboxylic acids is 1. The Morgan fingerprint density at radius 1 is 1.32 bits per heavy atom. The highest BCUT2D eigenvalue weighted by Crippen LogP contribution is 2.40. The first-order chi connectivity index (χ1) is 11.9.